The molecule has 3 nitrogen and oxygen atoms in total. The molecule has 1 unspecified atom stereocenters. The summed E-state index contributed by atoms with van der Waals surface area (Å²) in [5.41, 5.74) is -0.0990. The molecule has 104 valence electrons. The maximum absolute atomic E-state index is 11.6. The smallest absolute Gasteiger partial charge is 0.399 e. The van der Waals surface area contributed by atoms with Gasteiger partial charge in [-0.25, -0.2) is 0 Å². The molecular formula is C13H18BClO3S. The van der Waals surface area contributed by atoms with Gasteiger partial charge in [0.05, 0.1) is 11.2 Å². The third-order valence-electron chi connectivity index (χ3n) is 3.81. The molecule has 0 spiro atoms. The topological polar surface area (TPSA) is 35.5 Å². The highest BCUT2D eigenvalue weighted by Gasteiger charge is 2.52. The van der Waals surface area contributed by atoms with Crippen molar-refractivity contribution in [1.29, 1.82) is 0 Å². The van der Waals surface area contributed by atoms with Crippen molar-refractivity contribution in [3.8, 4) is 0 Å². The lowest BCUT2D eigenvalue weighted by atomic mass is 9.79. The van der Waals surface area contributed by atoms with E-state index < -0.39 is 29.1 Å². The minimum absolute atomic E-state index is 0.414. The molecule has 1 atom stereocenters. The van der Waals surface area contributed by atoms with Crippen LogP contribution in [0.5, 0.6) is 0 Å². The largest absolute Gasteiger partial charge is 0.496 e. The Morgan fingerprint density at radius 2 is 1.68 bits per heavy atom. The SMILES string of the molecule is CS(=O)c1ccc(Cl)c(B2OC(C)(C)C(C)(C)O2)c1. The van der Waals surface area contributed by atoms with Gasteiger partial charge in [0, 0.05) is 32.4 Å². The van der Waals surface area contributed by atoms with Gasteiger partial charge in [-0.15, -0.1) is 0 Å². The Morgan fingerprint density at radius 1 is 1.16 bits per heavy atom. The second kappa shape index (κ2) is 4.88. The van der Waals surface area contributed by atoms with Crippen molar-refractivity contribution in [1.82, 2.24) is 0 Å². The first-order valence-corrected chi connectivity index (χ1v) is 8.06. The molecule has 1 saturated heterocycles. The number of halogens is 1. The molecule has 1 aliphatic heterocycles. The van der Waals surface area contributed by atoms with Crippen LogP contribution in [0.15, 0.2) is 23.1 Å². The van der Waals surface area contributed by atoms with Crippen LogP contribution in [0.4, 0.5) is 0 Å². The molecule has 1 fully saturated rings. The van der Waals surface area contributed by atoms with Crippen molar-refractivity contribution in [2.75, 3.05) is 6.26 Å². The van der Waals surface area contributed by atoms with Gasteiger partial charge < -0.3 is 9.31 Å². The molecule has 0 radical (unpaired) electrons. The fourth-order valence-electron chi connectivity index (χ4n) is 1.85. The summed E-state index contributed by atoms with van der Waals surface area (Å²) >= 11 is 6.21. The van der Waals surface area contributed by atoms with Crippen molar-refractivity contribution in [3.63, 3.8) is 0 Å². The van der Waals surface area contributed by atoms with Crippen LogP contribution in [0.2, 0.25) is 5.02 Å². The minimum Gasteiger partial charge on any atom is -0.399 e. The lowest BCUT2D eigenvalue weighted by Gasteiger charge is -2.32. The first-order chi connectivity index (χ1) is 8.64. The van der Waals surface area contributed by atoms with Crippen LogP contribution in [0, 0.1) is 0 Å². The van der Waals surface area contributed by atoms with Crippen molar-refractivity contribution in [2.45, 2.75) is 43.8 Å². The summed E-state index contributed by atoms with van der Waals surface area (Å²) in [6.45, 7) is 7.96. The zero-order valence-electron chi connectivity index (χ0n) is 11.8. The molecule has 0 amide bonds. The van der Waals surface area contributed by atoms with Gasteiger partial charge in [-0.05, 0) is 45.9 Å². The molecule has 1 aromatic carbocycles. The highest BCUT2D eigenvalue weighted by molar-refractivity contribution is 7.84. The average molecular weight is 301 g/mol. The predicted octanol–water partition coefficient (Wildman–Crippen LogP) is 2.38. The van der Waals surface area contributed by atoms with E-state index in [9.17, 15) is 4.21 Å². The van der Waals surface area contributed by atoms with E-state index in [2.05, 4.69) is 0 Å². The Balaban J connectivity index is 2.39. The van der Waals surface area contributed by atoms with Crippen LogP contribution >= 0.6 is 11.6 Å². The maximum atomic E-state index is 11.6. The molecule has 1 aliphatic rings. The summed E-state index contributed by atoms with van der Waals surface area (Å²) in [7, 11) is -1.58. The summed E-state index contributed by atoms with van der Waals surface area (Å²) in [5, 5.41) is 0.563. The fraction of sp³-hybridized carbons (Fsp3) is 0.538. The molecule has 6 heteroatoms. The summed E-state index contributed by atoms with van der Waals surface area (Å²) in [6.07, 6.45) is 1.64. The van der Waals surface area contributed by atoms with Crippen LogP contribution in [0.1, 0.15) is 27.7 Å². The Labute approximate surface area is 122 Å². The highest BCUT2D eigenvalue weighted by Crippen LogP contribution is 2.37. The Kier molecular flexibility index (Phi) is 3.86. The predicted molar refractivity (Wildman–Crippen MR) is 79.5 cm³/mol. The van der Waals surface area contributed by atoms with Crippen LogP contribution in [-0.4, -0.2) is 28.8 Å². The first-order valence-electron chi connectivity index (χ1n) is 6.12. The van der Waals surface area contributed by atoms with Gasteiger partial charge in [-0.1, -0.05) is 11.6 Å². The van der Waals surface area contributed by atoms with Gasteiger partial charge in [0.2, 0.25) is 0 Å². The number of hydrogen-bond donors (Lipinski definition) is 0. The summed E-state index contributed by atoms with van der Waals surface area (Å²) in [4.78, 5) is 0.717. The quantitative estimate of drug-likeness (QED) is 0.787. The molecule has 0 saturated carbocycles. The Bertz CT molecular complexity index is 515. The number of rotatable bonds is 2. The number of hydrogen-bond acceptors (Lipinski definition) is 3. The van der Waals surface area contributed by atoms with Crippen molar-refractivity contribution >= 4 is 35.0 Å². The highest BCUT2D eigenvalue weighted by atomic mass is 35.5. The molecule has 1 heterocycles. The summed E-state index contributed by atoms with van der Waals surface area (Å²) in [5.74, 6) is 0. The Hall–Kier alpha value is -0.355. The second-order valence-corrected chi connectivity index (χ2v) is 7.51. The Morgan fingerprint density at radius 3 is 2.16 bits per heavy atom. The van der Waals surface area contributed by atoms with E-state index >= 15 is 0 Å². The fourth-order valence-corrected chi connectivity index (χ4v) is 2.61. The molecule has 0 aliphatic carbocycles. The first kappa shape index (κ1) is 15.0. The molecule has 0 N–H and O–H groups in total. The molecule has 0 aromatic heterocycles. The average Bonchev–Trinajstić information content (AvgIpc) is 2.48. The van der Waals surface area contributed by atoms with Crippen LogP contribution in [0.3, 0.4) is 0 Å². The van der Waals surface area contributed by atoms with E-state index in [-0.39, 0.29) is 0 Å². The van der Waals surface area contributed by atoms with E-state index in [1.54, 1.807) is 24.5 Å². The van der Waals surface area contributed by atoms with Gasteiger partial charge in [0.15, 0.2) is 0 Å². The minimum atomic E-state index is -1.06. The third-order valence-corrected chi connectivity index (χ3v) is 5.07. The van der Waals surface area contributed by atoms with E-state index in [1.165, 1.54) is 0 Å². The molecule has 2 rings (SSSR count). The van der Waals surface area contributed by atoms with Gasteiger partial charge in [0.25, 0.3) is 0 Å². The van der Waals surface area contributed by atoms with E-state index in [4.69, 9.17) is 20.9 Å². The van der Waals surface area contributed by atoms with Crippen LogP contribution in [0.25, 0.3) is 0 Å². The molecule has 1 aromatic rings. The zero-order valence-corrected chi connectivity index (χ0v) is 13.4. The van der Waals surface area contributed by atoms with Crippen molar-refractivity contribution in [2.24, 2.45) is 0 Å². The van der Waals surface area contributed by atoms with Crippen LogP contribution in [-0.2, 0) is 20.1 Å². The van der Waals surface area contributed by atoms with Gasteiger partial charge >= 0.3 is 7.12 Å². The van der Waals surface area contributed by atoms with E-state index in [0.29, 0.717) is 9.92 Å². The van der Waals surface area contributed by atoms with Crippen molar-refractivity contribution in [3.05, 3.63) is 23.2 Å². The second-order valence-electron chi connectivity index (χ2n) is 5.73. The molecule has 19 heavy (non-hydrogen) atoms. The van der Waals surface area contributed by atoms with Gasteiger partial charge in [0.1, 0.15) is 0 Å². The standard InChI is InChI=1S/C13H18BClO3S/c1-12(2)13(3,4)18-14(17-12)10-8-9(19(5)16)6-7-11(10)15/h6-8H,1-5H3. The third kappa shape index (κ3) is 2.75. The zero-order chi connectivity index (χ0) is 14.4. The summed E-state index contributed by atoms with van der Waals surface area (Å²) in [6, 6.07) is 5.28. The molecular weight excluding hydrogens is 282 g/mol. The van der Waals surface area contributed by atoms with Crippen molar-refractivity contribution < 1.29 is 13.5 Å². The lowest BCUT2D eigenvalue weighted by molar-refractivity contribution is 0.00578. The summed E-state index contributed by atoms with van der Waals surface area (Å²) < 4.78 is 23.5. The lowest BCUT2D eigenvalue weighted by Crippen LogP contribution is -2.41. The number of benzene rings is 1. The van der Waals surface area contributed by atoms with Gasteiger partial charge in [-0.2, -0.15) is 0 Å². The monoisotopic (exact) mass is 300 g/mol. The van der Waals surface area contributed by atoms with E-state index in [1.807, 2.05) is 27.7 Å². The van der Waals surface area contributed by atoms with E-state index in [0.717, 1.165) is 5.46 Å². The molecule has 0 bridgehead atoms. The normalized spacial score (nSPS) is 22.5. The van der Waals surface area contributed by atoms with Gasteiger partial charge in [-0.3, -0.25) is 4.21 Å². The maximum Gasteiger partial charge on any atom is 0.496 e. The van der Waals surface area contributed by atoms with Crippen LogP contribution < -0.4 is 5.46 Å².